The fourth-order valence-electron chi connectivity index (χ4n) is 2.84. The monoisotopic (exact) mass is 524 g/mol. The SMILES string of the molecule is CCc1cc(O[Si](C)(C)C(C)(C)C)c(F)cc1/N=C(\N)c1cnn2cc(Br)cc2c1Cl. The number of halogens is 3. The molecule has 0 spiro atoms. The van der Waals surface area contributed by atoms with Crippen LogP contribution in [0, 0.1) is 5.82 Å². The average molecular weight is 526 g/mol. The summed E-state index contributed by atoms with van der Waals surface area (Å²) in [5, 5.41) is 4.71. The van der Waals surface area contributed by atoms with Gasteiger partial charge in [0.05, 0.1) is 28.0 Å². The molecule has 166 valence electrons. The number of benzene rings is 1. The molecule has 2 heterocycles. The first kappa shape index (κ1) is 23.8. The first-order valence-corrected chi connectivity index (χ1v) is 14.1. The molecular weight excluding hydrogens is 499 g/mol. The Bertz CT molecular complexity index is 1170. The van der Waals surface area contributed by atoms with Gasteiger partial charge >= 0.3 is 0 Å². The summed E-state index contributed by atoms with van der Waals surface area (Å²) >= 11 is 9.94. The average Bonchev–Trinajstić information content (AvgIpc) is 3.04. The Morgan fingerprint density at radius 2 is 2.00 bits per heavy atom. The van der Waals surface area contributed by atoms with E-state index in [9.17, 15) is 4.39 Å². The van der Waals surface area contributed by atoms with E-state index in [0.29, 0.717) is 28.2 Å². The predicted molar refractivity (Wildman–Crippen MR) is 132 cm³/mol. The molecule has 0 atom stereocenters. The van der Waals surface area contributed by atoms with E-state index in [4.69, 9.17) is 21.8 Å². The molecule has 2 aromatic heterocycles. The van der Waals surface area contributed by atoms with Gasteiger partial charge in [-0.3, -0.25) is 0 Å². The van der Waals surface area contributed by atoms with Crippen LogP contribution in [0.1, 0.15) is 38.8 Å². The number of fused-ring (bicyclic) bond motifs is 1. The van der Waals surface area contributed by atoms with Crippen LogP contribution >= 0.6 is 27.5 Å². The summed E-state index contributed by atoms with van der Waals surface area (Å²) in [5.74, 6) is -0.0200. The number of hydrogen-bond donors (Lipinski definition) is 1. The number of aryl methyl sites for hydroxylation is 1. The zero-order valence-electron chi connectivity index (χ0n) is 18.6. The fourth-order valence-corrected chi connectivity index (χ4v) is 4.55. The molecule has 0 saturated carbocycles. The highest BCUT2D eigenvalue weighted by molar-refractivity contribution is 9.10. The molecule has 0 saturated heterocycles. The second kappa shape index (κ2) is 8.56. The predicted octanol–water partition coefficient (Wildman–Crippen LogP) is 6.87. The third-order valence-electron chi connectivity index (χ3n) is 5.74. The van der Waals surface area contributed by atoms with Crippen LogP contribution in [0.15, 0.2) is 40.1 Å². The van der Waals surface area contributed by atoms with Crippen LogP contribution < -0.4 is 10.2 Å². The van der Waals surface area contributed by atoms with E-state index in [1.54, 1.807) is 23.0 Å². The molecule has 3 rings (SSSR count). The van der Waals surface area contributed by atoms with Gasteiger partial charge in [-0.1, -0.05) is 39.3 Å². The van der Waals surface area contributed by atoms with Crippen molar-refractivity contribution in [1.82, 2.24) is 9.61 Å². The molecule has 0 aliphatic rings. The lowest BCUT2D eigenvalue weighted by atomic mass is 10.1. The highest BCUT2D eigenvalue weighted by Gasteiger charge is 2.39. The van der Waals surface area contributed by atoms with Gasteiger partial charge in [0.25, 0.3) is 8.32 Å². The number of hydrogen-bond acceptors (Lipinski definition) is 3. The molecule has 0 unspecified atom stereocenters. The highest BCUT2D eigenvalue weighted by atomic mass is 79.9. The molecule has 31 heavy (non-hydrogen) atoms. The van der Waals surface area contributed by atoms with Gasteiger partial charge in [0.15, 0.2) is 5.82 Å². The van der Waals surface area contributed by atoms with Crippen molar-refractivity contribution in [2.45, 2.75) is 52.2 Å². The Morgan fingerprint density at radius 1 is 1.32 bits per heavy atom. The topological polar surface area (TPSA) is 64.9 Å². The number of nitrogens with zero attached hydrogens (tertiary/aromatic N) is 3. The standard InChI is InChI=1S/C22H27BrClFN4OSi/c1-7-13-8-19(30-31(5,6)22(2,3)4)16(25)10-17(13)28-21(26)15-11-27-29-12-14(23)9-18(29)20(15)24/h8-12H,7H2,1-6H3,(H2,26,28). The van der Waals surface area contributed by atoms with E-state index in [0.717, 1.165) is 10.0 Å². The number of amidine groups is 1. The van der Waals surface area contributed by atoms with Crippen molar-refractivity contribution in [3.05, 3.63) is 57.0 Å². The van der Waals surface area contributed by atoms with Gasteiger partial charge in [-0.25, -0.2) is 13.9 Å². The van der Waals surface area contributed by atoms with Crippen LogP contribution in [0.3, 0.4) is 0 Å². The number of nitrogens with two attached hydrogens (primary N) is 1. The summed E-state index contributed by atoms with van der Waals surface area (Å²) in [6.07, 6.45) is 4.00. The summed E-state index contributed by atoms with van der Waals surface area (Å²) in [5.41, 5.74) is 8.73. The first-order chi connectivity index (χ1) is 14.3. The van der Waals surface area contributed by atoms with Crippen molar-refractivity contribution in [2.75, 3.05) is 0 Å². The second-order valence-corrected chi connectivity index (χ2v) is 15.0. The largest absolute Gasteiger partial charge is 0.542 e. The Labute approximate surface area is 196 Å². The van der Waals surface area contributed by atoms with Crippen LogP contribution in [0.4, 0.5) is 10.1 Å². The third-order valence-corrected chi connectivity index (χ3v) is 10.9. The summed E-state index contributed by atoms with van der Waals surface area (Å²) < 4.78 is 23.7. The van der Waals surface area contributed by atoms with Gasteiger partial charge < -0.3 is 10.2 Å². The lowest BCUT2D eigenvalue weighted by molar-refractivity contribution is 0.456. The molecule has 5 nitrogen and oxygen atoms in total. The van der Waals surface area contributed by atoms with Crippen molar-refractivity contribution in [1.29, 1.82) is 0 Å². The summed E-state index contributed by atoms with van der Waals surface area (Å²) in [6.45, 7) is 12.5. The normalized spacial score (nSPS) is 13.1. The minimum atomic E-state index is -2.18. The van der Waals surface area contributed by atoms with Gasteiger partial charge in [0.1, 0.15) is 11.6 Å². The van der Waals surface area contributed by atoms with Gasteiger partial charge in [-0.05, 0) is 58.2 Å². The molecule has 3 aromatic rings. The molecule has 0 aliphatic heterocycles. The van der Waals surface area contributed by atoms with Crippen LogP contribution in [-0.2, 0) is 6.42 Å². The van der Waals surface area contributed by atoms with E-state index in [2.05, 4.69) is 59.9 Å². The van der Waals surface area contributed by atoms with Crippen molar-refractivity contribution in [3.63, 3.8) is 0 Å². The maximum atomic E-state index is 15.0. The summed E-state index contributed by atoms with van der Waals surface area (Å²) in [4.78, 5) is 4.49. The zero-order valence-corrected chi connectivity index (χ0v) is 21.9. The van der Waals surface area contributed by atoms with Gasteiger partial charge in [-0.15, -0.1) is 0 Å². The van der Waals surface area contributed by atoms with E-state index >= 15 is 0 Å². The minimum Gasteiger partial charge on any atom is -0.542 e. The maximum absolute atomic E-state index is 15.0. The van der Waals surface area contributed by atoms with Gasteiger partial charge in [-0.2, -0.15) is 5.10 Å². The molecule has 0 bridgehead atoms. The lowest BCUT2D eigenvalue weighted by Gasteiger charge is -2.36. The molecule has 0 aliphatic carbocycles. The van der Waals surface area contributed by atoms with Crippen molar-refractivity contribution in [3.8, 4) is 5.75 Å². The smallest absolute Gasteiger partial charge is 0.250 e. The van der Waals surface area contributed by atoms with E-state index in [1.807, 2.05) is 13.0 Å². The van der Waals surface area contributed by atoms with Crippen LogP contribution in [0.2, 0.25) is 23.2 Å². The molecule has 0 amide bonds. The molecular formula is C22H27BrClFN4OSi. The Morgan fingerprint density at radius 3 is 2.61 bits per heavy atom. The summed E-state index contributed by atoms with van der Waals surface area (Å²) in [7, 11) is -2.18. The van der Waals surface area contributed by atoms with Crippen LogP contribution in [-0.4, -0.2) is 23.8 Å². The number of aliphatic imine (C=N–C) groups is 1. The van der Waals surface area contributed by atoms with Crippen molar-refractivity contribution < 1.29 is 8.82 Å². The fraction of sp³-hybridized carbons (Fsp3) is 0.364. The maximum Gasteiger partial charge on any atom is 0.250 e. The zero-order chi connectivity index (χ0) is 23.1. The lowest BCUT2D eigenvalue weighted by Crippen LogP contribution is -2.44. The minimum absolute atomic E-state index is 0.0384. The molecule has 0 fully saturated rings. The molecule has 2 N–H and O–H groups in total. The van der Waals surface area contributed by atoms with E-state index in [1.165, 1.54) is 6.07 Å². The quantitative estimate of drug-likeness (QED) is 0.224. The molecule has 9 heteroatoms. The van der Waals surface area contributed by atoms with E-state index in [-0.39, 0.29) is 16.6 Å². The highest BCUT2D eigenvalue weighted by Crippen LogP contribution is 2.39. The Hall–Kier alpha value is -1.90. The first-order valence-electron chi connectivity index (χ1n) is 10.0. The second-order valence-electron chi connectivity index (χ2n) is 8.98. The molecule has 1 aromatic carbocycles. The van der Waals surface area contributed by atoms with Crippen molar-refractivity contribution >= 4 is 52.9 Å². The Balaban J connectivity index is 2.02. The Kier molecular flexibility index (Phi) is 6.56. The van der Waals surface area contributed by atoms with Gasteiger partial charge in [0.2, 0.25) is 0 Å². The van der Waals surface area contributed by atoms with Crippen molar-refractivity contribution in [2.24, 2.45) is 10.7 Å². The number of rotatable bonds is 5. The molecule has 0 radical (unpaired) electrons. The number of aromatic nitrogens is 2. The van der Waals surface area contributed by atoms with Crippen LogP contribution in [0.5, 0.6) is 5.75 Å². The summed E-state index contributed by atoms with van der Waals surface area (Å²) in [6, 6.07) is 4.95. The van der Waals surface area contributed by atoms with Gasteiger partial charge in [0, 0.05) is 16.7 Å². The third kappa shape index (κ3) is 4.81. The van der Waals surface area contributed by atoms with Crippen LogP contribution in [0.25, 0.3) is 5.52 Å². The van der Waals surface area contributed by atoms with E-state index < -0.39 is 14.1 Å².